The molecule has 3 nitrogen and oxygen atoms in total. The van der Waals surface area contributed by atoms with E-state index in [2.05, 4.69) is 5.32 Å². The van der Waals surface area contributed by atoms with Gasteiger partial charge in [-0.2, -0.15) is 0 Å². The Morgan fingerprint density at radius 3 is 2.60 bits per heavy atom. The summed E-state index contributed by atoms with van der Waals surface area (Å²) in [5.74, 6) is 0. The summed E-state index contributed by atoms with van der Waals surface area (Å²) in [4.78, 5) is 0.513. The summed E-state index contributed by atoms with van der Waals surface area (Å²) in [6.07, 6.45) is 0.573. The molecule has 4 N–H and O–H groups in total. The Morgan fingerprint density at radius 2 is 2.00 bits per heavy atom. The number of anilines is 1. The number of rotatable bonds is 3. The minimum absolute atomic E-state index is 0.0958. The minimum Gasteiger partial charge on any atom is -0.396 e. The number of aliphatic hydroxyl groups excluding tert-OH is 1. The van der Waals surface area contributed by atoms with Crippen molar-refractivity contribution in [3.63, 3.8) is 0 Å². The van der Waals surface area contributed by atoms with Crippen LogP contribution in [0.5, 0.6) is 0 Å². The fraction of sp³-hybridized carbons (Fsp3) is 0.200. The zero-order valence-electron chi connectivity index (χ0n) is 8.06. The molecule has 0 aliphatic carbocycles. The average molecular weight is 240 g/mol. The highest BCUT2D eigenvalue weighted by Crippen LogP contribution is 2.15. The van der Waals surface area contributed by atoms with Gasteiger partial charge in [0.05, 0.1) is 0 Å². The number of aliphatic hydroxyl groups is 1. The molecule has 15 heavy (non-hydrogen) atoms. The van der Waals surface area contributed by atoms with Gasteiger partial charge in [0.1, 0.15) is 9.98 Å². The quantitative estimate of drug-likeness (QED) is 0.694. The molecule has 0 heterocycles. The van der Waals surface area contributed by atoms with Crippen molar-refractivity contribution in [2.45, 2.75) is 6.42 Å². The van der Waals surface area contributed by atoms with Crippen LogP contribution < -0.4 is 11.1 Å². The predicted molar refractivity (Wildman–Crippen MR) is 70.2 cm³/mol. The van der Waals surface area contributed by atoms with Crippen molar-refractivity contribution in [3.05, 3.63) is 29.8 Å². The van der Waals surface area contributed by atoms with E-state index in [1.165, 1.54) is 0 Å². The molecule has 0 fully saturated rings. The second kappa shape index (κ2) is 5.75. The van der Waals surface area contributed by atoms with Crippen LogP contribution in [0, 0.1) is 0 Å². The number of hydrogen-bond acceptors (Lipinski definition) is 3. The SMILES string of the molecule is NC(=S)C(=S)Nc1ccccc1CCO. The summed E-state index contributed by atoms with van der Waals surface area (Å²) >= 11 is 9.71. The van der Waals surface area contributed by atoms with Gasteiger partial charge in [-0.15, -0.1) is 0 Å². The van der Waals surface area contributed by atoms with Crippen LogP contribution in [0.4, 0.5) is 5.69 Å². The summed E-state index contributed by atoms with van der Waals surface area (Å²) in [5.41, 5.74) is 7.21. The zero-order chi connectivity index (χ0) is 11.3. The van der Waals surface area contributed by atoms with E-state index in [-0.39, 0.29) is 11.6 Å². The Bertz CT molecular complexity index is 379. The first-order valence-corrected chi connectivity index (χ1v) is 5.26. The van der Waals surface area contributed by atoms with E-state index in [9.17, 15) is 0 Å². The van der Waals surface area contributed by atoms with Gasteiger partial charge in [0.15, 0.2) is 0 Å². The second-order valence-electron chi connectivity index (χ2n) is 2.95. The van der Waals surface area contributed by atoms with E-state index in [4.69, 9.17) is 35.3 Å². The molecule has 0 saturated heterocycles. The van der Waals surface area contributed by atoms with E-state index in [1.807, 2.05) is 24.3 Å². The van der Waals surface area contributed by atoms with Crippen LogP contribution in [-0.2, 0) is 6.42 Å². The van der Waals surface area contributed by atoms with Crippen LogP contribution >= 0.6 is 24.4 Å². The Morgan fingerprint density at radius 1 is 1.33 bits per heavy atom. The summed E-state index contributed by atoms with van der Waals surface area (Å²) in [6, 6.07) is 7.57. The average Bonchev–Trinajstić information content (AvgIpc) is 2.21. The van der Waals surface area contributed by atoms with Crippen LogP contribution in [-0.4, -0.2) is 21.7 Å². The van der Waals surface area contributed by atoms with Gasteiger partial charge in [0.25, 0.3) is 0 Å². The van der Waals surface area contributed by atoms with Crippen molar-refractivity contribution < 1.29 is 5.11 Å². The molecule has 80 valence electrons. The fourth-order valence-electron chi connectivity index (χ4n) is 1.16. The maximum Gasteiger partial charge on any atom is 0.138 e. The van der Waals surface area contributed by atoms with Crippen molar-refractivity contribution in [3.8, 4) is 0 Å². The van der Waals surface area contributed by atoms with Gasteiger partial charge >= 0.3 is 0 Å². The molecular formula is C10H12N2OS2. The smallest absolute Gasteiger partial charge is 0.138 e. The highest BCUT2D eigenvalue weighted by molar-refractivity contribution is 7.89. The highest BCUT2D eigenvalue weighted by atomic mass is 32.1. The Hall–Kier alpha value is -1.04. The van der Waals surface area contributed by atoms with Crippen molar-refractivity contribution in [2.75, 3.05) is 11.9 Å². The van der Waals surface area contributed by atoms with Crippen molar-refractivity contribution in [1.29, 1.82) is 0 Å². The Balaban J connectivity index is 2.84. The third-order valence-electron chi connectivity index (χ3n) is 1.87. The summed E-state index contributed by atoms with van der Waals surface area (Å²) in [7, 11) is 0. The van der Waals surface area contributed by atoms with Crippen LogP contribution in [0.2, 0.25) is 0 Å². The third-order valence-corrected chi connectivity index (χ3v) is 2.53. The first-order chi connectivity index (χ1) is 7.15. The number of thiocarbonyl (C=S) groups is 2. The van der Waals surface area contributed by atoms with Gasteiger partial charge < -0.3 is 16.2 Å². The lowest BCUT2D eigenvalue weighted by atomic mass is 10.1. The molecule has 0 spiro atoms. The van der Waals surface area contributed by atoms with Crippen molar-refractivity contribution >= 4 is 40.1 Å². The van der Waals surface area contributed by atoms with E-state index in [0.717, 1.165) is 11.3 Å². The van der Waals surface area contributed by atoms with Crippen molar-refractivity contribution in [2.24, 2.45) is 5.73 Å². The van der Waals surface area contributed by atoms with Crippen molar-refractivity contribution in [1.82, 2.24) is 0 Å². The molecule has 0 aliphatic heterocycles. The standard InChI is InChI=1S/C10H12N2OS2/c11-9(14)10(15)12-8-4-2-1-3-7(8)5-6-13/h1-4,13H,5-6H2,(H2,11,14)(H,12,15). The molecular weight excluding hydrogens is 228 g/mol. The molecule has 1 rings (SSSR count). The van der Waals surface area contributed by atoms with E-state index in [0.29, 0.717) is 11.4 Å². The molecule has 0 saturated carbocycles. The van der Waals surface area contributed by atoms with Gasteiger partial charge in [-0.3, -0.25) is 0 Å². The van der Waals surface area contributed by atoms with Gasteiger partial charge in [-0.05, 0) is 18.1 Å². The maximum absolute atomic E-state index is 8.88. The minimum atomic E-state index is 0.0958. The predicted octanol–water partition coefficient (Wildman–Crippen LogP) is 1.25. The normalized spacial score (nSPS) is 9.67. The molecule has 5 heteroatoms. The summed E-state index contributed by atoms with van der Waals surface area (Å²) in [5, 5.41) is 11.8. The van der Waals surface area contributed by atoms with E-state index >= 15 is 0 Å². The molecule has 0 radical (unpaired) electrons. The highest BCUT2D eigenvalue weighted by Gasteiger charge is 2.04. The topological polar surface area (TPSA) is 58.3 Å². The van der Waals surface area contributed by atoms with E-state index in [1.54, 1.807) is 0 Å². The third kappa shape index (κ3) is 3.54. The summed E-state index contributed by atoms with van der Waals surface area (Å²) in [6.45, 7) is 0.0958. The zero-order valence-corrected chi connectivity index (χ0v) is 9.70. The molecule has 0 amide bonds. The van der Waals surface area contributed by atoms with Crippen LogP contribution in [0.25, 0.3) is 0 Å². The van der Waals surface area contributed by atoms with Gasteiger partial charge in [0, 0.05) is 12.3 Å². The largest absolute Gasteiger partial charge is 0.396 e. The first kappa shape index (κ1) is 12.0. The monoisotopic (exact) mass is 240 g/mol. The maximum atomic E-state index is 8.88. The Kier molecular flexibility index (Phi) is 4.61. The number of nitrogens with two attached hydrogens (primary N) is 1. The fourth-order valence-corrected chi connectivity index (χ4v) is 1.33. The molecule has 0 aliphatic rings. The lowest BCUT2D eigenvalue weighted by Gasteiger charge is -2.10. The number of benzene rings is 1. The molecule has 0 aromatic heterocycles. The molecule has 0 atom stereocenters. The van der Waals surface area contributed by atoms with Crippen LogP contribution in [0.15, 0.2) is 24.3 Å². The van der Waals surface area contributed by atoms with Gasteiger partial charge in [0.2, 0.25) is 0 Å². The second-order valence-corrected chi connectivity index (χ2v) is 3.80. The van der Waals surface area contributed by atoms with Crippen LogP contribution in [0.3, 0.4) is 0 Å². The molecule has 0 unspecified atom stereocenters. The molecule has 1 aromatic rings. The number of para-hydroxylation sites is 1. The van der Waals surface area contributed by atoms with E-state index < -0.39 is 0 Å². The first-order valence-electron chi connectivity index (χ1n) is 4.44. The van der Waals surface area contributed by atoms with Crippen LogP contribution in [0.1, 0.15) is 5.56 Å². The summed E-state index contributed by atoms with van der Waals surface area (Å²) < 4.78 is 0. The van der Waals surface area contributed by atoms with Gasteiger partial charge in [-0.25, -0.2) is 0 Å². The lowest BCUT2D eigenvalue weighted by molar-refractivity contribution is 0.300. The molecule has 0 bridgehead atoms. The Labute approximate surface area is 99.3 Å². The van der Waals surface area contributed by atoms with Gasteiger partial charge in [-0.1, -0.05) is 42.6 Å². The number of hydrogen-bond donors (Lipinski definition) is 3. The molecule has 1 aromatic carbocycles. The number of nitrogens with one attached hydrogen (secondary N) is 1. The lowest BCUT2D eigenvalue weighted by Crippen LogP contribution is -2.26.